The lowest BCUT2D eigenvalue weighted by molar-refractivity contribution is -0.00000523. The number of halogens is 1. The number of phenols is 2. The average Bonchev–Trinajstić information content (AvgIpc) is 2.12. The Bertz CT molecular complexity index is 509. The summed E-state index contributed by atoms with van der Waals surface area (Å²) in [6.45, 7) is 3.73. The topological polar surface area (TPSA) is 51.8 Å². The fourth-order valence-corrected chi connectivity index (χ4v) is 1.55. The lowest BCUT2D eigenvalue weighted by atomic mass is 10.1. The summed E-state index contributed by atoms with van der Waals surface area (Å²) in [4.78, 5) is 0. The van der Waals surface area contributed by atoms with Gasteiger partial charge in [-0.2, -0.15) is 0 Å². The third-order valence-corrected chi connectivity index (χ3v) is 2.22. The van der Waals surface area contributed by atoms with Crippen LogP contribution in [-0.2, 0) is 0 Å². The van der Waals surface area contributed by atoms with Gasteiger partial charge in [-0.15, -0.1) is 0 Å². The molecule has 0 radical (unpaired) electrons. The normalized spacial score (nSPS) is 10.0. The van der Waals surface area contributed by atoms with E-state index in [2.05, 4.69) is 0 Å². The Balaban J connectivity index is 0.00000112. The van der Waals surface area contributed by atoms with Crippen molar-refractivity contribution in [3.63, 3.8) is 0 Å². The molecule has 0 bridgehead atoms. The minimum absolute atomic E-state index is 0. The highest BCUT2D eigenvalue weighted by Crippen LogP contribution is 2.35. The molecule has 0 aliphatic heterocycles. The fourth-order valence-electron chi connectivity index (χ4n) is 1.55. The molecule has 1 aromatic carbocycles. The quantitative estimate of drug-likeness (QED) is 0.481. The number of hydrogen-bond donors (Lipinski definition) is 2. The second-order valence-electron chi connectivity index (χ2n) is 3.35. The third kappa shape index (κ3) is 1.83. The number of fused-ring (bicyclic) bond motifs is 1. The zero-order valence-corrected chi connectivity index (χ0v) is 9.17. The summed E-state index contributed by atoms with van der Waals surface area (Å²) in [6, 6.07) is 5.07. The number of benzene rings is 1. The van der Waals surface area contributed by atoms with Gasteiger partial charge in [-0.1, -0.05) is 0 Å². The van der Waals surface area contributed by atoms with Crippen molar-refractivity contribution in [3.05, 3.63) is 29.5 Å². The number of aromatic hydroxyl groups is 2. The monoisotopic (exact) mass is 226 g/mol. The van der Waals surface area contributed by atoms with E-state index < -0.39 is 0 Å². The number of aryl methyl sites for hydroxylation is 2. The molecule has 4 heteroatoms. The van der Waals surface area contributed by atoms with Crippen LogP contribution >= 0.6 is 0 Å². The van der Waals surface area contributed by atoms with Gasteiger partial charge in [0.05, 0.1) is 12.3 Å². The smallest absolute Gasteiger partial charge is 0.405 e. The summed E-state index contributed by atoms with van der Waals surface area (Å²) in [7, 11) is 0. The molecule has 0 atom stereocenters. The molecule has 0 aliphatic carbocycles. The highest BCUT2D eigenvalue weighted by atomic mass is 35.5. The van der Waals surface area contributed by atoms with Crippen LogP contribution in [0.2, 0.25) is 0 Å². The van der Waals surface area contributed by atoms with E-state index in [0.717, 1.165) is 10.9 Å². The van der Waals surface area contributed by atoms with Crippen molar-refractivity contribution in [2.45, 2.75) is 13.8 Å². The lowest BCUT2D eigenvalue weighted by Gasteiger charge is -1.97. The van der Waals surface area contributed by atoms with Gasteiger partial charge in [0.1, 0.15) is 0 Å². The van der Waals surface area contributed by atoms with Crippen LogP contribution in [0, 0.1) is 13.8 Å². The first-order valence-corrected chi connectivity index (χ1v) is 4.34. The van der Waals surface area contributed by atoms with Crippen molar-refractivity contribution in [2.24, 2.45) is 0 Å². The highest BCUT2D eigenvalue weighted by Gasteiger charge is 2.19. The van der Waals surface area contributed by atoms with Crippen LogP contribution < -0.4 is 12.4 Å². The zero-order chi connectivity index (χ0) is 10.3. The minimum Gasteiger partial charge on any atom is -1.00 e. The van der Waals surface area contributed by atoms with Gasteiger partial charge in [-0.25, -0.2) is 4.42 Å². The molecule has 2 rings (SSSR count). The molecular formula is C11H11ClO3. The maximum atomic E-state index is 9.56. The molecule has 1 heterocycles. The molecule has 0 saturated heterocycles. The van der Waals surface area contributed by atoms with Crippen LogP contribution in [0.1, 0.15) is 11.3 Å². The SMILES string of the molecule is Cc1cc(C)c2ccc(O)c(O)c2[o+]1.[Cl-]. The number of phenolic OH excluding ortho intramolecular Hbond substituents is 2. The second-order valence-corrected chi connectivity index (χ2v) is 3.35. The van der Waals surface area contributed by atoms with Crippen molar-refractivity contribution < 1.29 is 27.0 Å². The van der Waals surface area contributed by atoms with E-state index in [1.54, 1.807) is 13.0 Å². The van der Waals surface area contributed by atoms with Crippen molar-refractivity contribution in [1.29, 1.82) is 0 Å². The van der Waals surface area contributed by atoms with Crippen molar-refractivity contribution >= 4 is 11.0 Å². The van der Waals surface area contributed by atoms with Crippen LogP contribution in [0.4, 0.5) is 0 Å². The molecule has 15 heavy (non-hydrogen) atoms. The van der Waals surface area contributed by atoms with Gasteiger partial charge in [0.2, 0.25) is 0 Å². The van der Waals surface area contributed by atoms with Gasteiger partial charge < -0.3 is 22.6 Å². The van der Waals surface area contributed by atoms with Crippen molar-refractivity contribution in [1.82, 2.24) is 0 Å². The molecule has 3 nitrogen and oxygen atoms in total. The number of hydrogen-bond acceptors (Lipinski definition) is 2. The molecule has 0 amide bonds. The maximum absolute atomic E-state index is 9.56. The van der Waals surface area contributed by atoms with Crippen molar-refractivity contribution in [3.8, 4) is 11.5 Å². The highest BCUT2D eigenvalue weighted by molar-refractivity contribution is 5.87. The molecule has 0 saturated carbocycles. The Morgan fingerprint density at radius 1 is 1.13 bits per heavy atom. The molecule has 2 aromatic rings. The van der Waals surface area contributed by atoms with Gasteiger partial charge >= 0.3 is 11.3 Å². The van der Waals surface area contributed by atoms with E-state index in [1.807, 2.05) is 13.0 Å². The van der Waals surface area contributed by atoms with E-state index in [4.69, 9.17) is 4.42 Å². The fraction of sp³-hybridized carbons (Fsp3) is 0.182. The first-order valence-electron chi connectivity index (χ1n) is 4.34. The Labute approximate surface area is 93.4 Å². The molecule has 0 unspecified atom stereocenters. The lowest BCUT2D eigenvalue weighted by Crippen LogP contribution is -3.00. The van der Waals surface area contributed by atoms with Crippen LogP contribution in [0.15, 0.2) is 22.6 Å². The maximum Gasteiger partial charge on any atom is 0.405 e. The summed E-state index contributed by atoms with van der Waals surface area (Å²) >= 11 is 0. The molecule has 0 aliphatic rings. The summed E-state index contributed by atoms with van der Waals surface area (Å²) in [5.41, 5.74) is 1.35. The molecule has 0 spiro atoms. The minimum atomic E-state index is -0.200. The number of rotatable bonds is 0. The first kappa shape index (κ1) is 11.6. The Hall–Kier alpha value is -1.48. The van der Waals surface area contributed by atoms with Gasteiger partial charge in [-0.3, -0.25) is 0 Å². The second kappa shape index (κ2) is 3.95. The van der Waals surface area contributed by atoms with E-state index in [0.29, 0.717) is 11.3 Å². The Morgan fingerprint density at radius 2 is 1.80 bits per heavy atom. The summed E-state index contributed by atoms with van der Waals surface area (Å²) in [6.07, 6.45) is 0. The summed E-state index contributed by atoms with van der Waals surface area (Å²) in [5.74, 6) is 0.344. The van der Waals surface area contributed by atoms with Gasteiger partial charge in [-0.05, 0) is 24.6 Å². The molecule has 80 valence electrons. The predicted octanol–water partition coefficient (Wildman–Crippen LogP) is -0.254. The van der Waals surface area contributed by atoms with E-state index in [-0.39, 0.29) is 23.9 Å². The molecule has 0 fully saturated rings. The standard InChI is InChI=1S/C11H10O3.ClH/c1-6-5-7(2)14-11-8(6)3-4-9(12)10(11)13;/h3-5H,1-2H3,(H-,12,13);1H. The molecule has 1 aromatic heterocycles. The van der Waals surface area contributed by atoms with E-state index >= 15 is 0 Å². The average molecular weight is 227 g/mol. The molecule has 2 N–H and O–H groups in total. The van der Waals surface area contributed by atoms with Crippen LogP contribution in [0.3, 0.4) is 0 Å². The van der Waals surface area contributed by atoms with Crippen LogP contribution in [-0.4, -0.2) is 10.2 Å². The summed E-state index contributed by atoms with van der Waals surface area (Å²) < 4.78 is 5.34. The first-order chi connectivity index (χ1) is 6.59. The van der Waals surface area contributed by atoms with Gasteiger partial charge in [0.25, 0.3) is 5.75 Å². The van der Waals surface area contributed by atoms with Gasteiger partial charge in [0.15, 0.2) is 5.75 Å². The van der Waals surface area contributed by atoms with E-state index in [9.17, 15) is 10.2 Å². The van der Waals surface area contributed by atoms with Crippen LogP contribution in [0.25, 0.3) is 11.0 Å². The van der Waals surface area contributed by atoms with Crippen LogP contribution in [0.5, 0.6) is 11.5 Å². The Morgan fingerprint density at radius 3 is 2.47 bits per heavy atom. The van der Waals surface area contributed by atoms with Crippen molar-refractivity contribution in [2.75, 3.05) is 0 Å². The Kier molecular flexibility index (Phi) is 3.05. The zero-order valence-electron chi connectivity index (χ0n) is 8.41. The van der Waals surface area contributed by atoms with Gasteiger partial charge in [0, 0.05) is 6.07 Å². The largest absolute Gasteiger partial charge is 1.00 e. The third-order valence-electron chi connectivity index (χ3n) is 2.22. The van der Waals surface area contributed by atoms with E-state index in [1.165, 1.54) is 6.07 Å². The molecular weight excluding hydrogens is 216 g/mol. The summed E-state index contributed by atoms with van der Waals surface area (Å²) in [5, 5.41) is 19.7. The predicted molar refractivity (Wildman–Crippen MR) is 53.4 cm³/mol.